The van der Waals surface area contributed by atoms with Gasteiger partial charge in [-0.2, -0.15) is 0 Å². The third kappa shape index (κ3) is 4.36. The molecule has 2 heterocycles. The van der Waals surface area contributed by atoms with Crippen LogP contribution in [0.3, 0.4) is 0 Å². The van der Waals surface area contributed by atoms with Crippen LogP contribution >= 0.6 is 22.9 Å². The van der Waals surface area contributed by atoms with E-state index in [4.69, 9.17) is 16.3 Å². The van der Waals surface area contributed by atoms with E-state index in [1.165, 1.54) is 11.3 Å². The highest BCUT2D eigenvalue weighted by Gasteiger charge is 2.42. The number of ether oxygens (including phenoxy) is 1. The molecule has 1 aromatic heterocycles. The molecule has 1 aliphatic heterocycles. The van der Waals surface area contributed by atoms with Crippen molar-refractivity contribution in [1.29, 1.82) is 0 Å². The Morgan fingerprint density at radius 1 is 1.25 bits per heavy atom. The first-order valence-corrected chi connectivity index (χ1v) is 11.6. The molecule has 1 aliphatic rings. The Bertz CT molecular complexity index is 1170. The topological polar surface area (TPSA) is 71.5 Å². The summed E-state index contributed by atoms with van der Waals surface area (Å²) in [7, 11) is 1.80. The SMILES string of the molecule is CN1C(=O)C(C)(C)c2cc(-c3csc(NC(=O)CCCOc4ccccc4Cl)n3)ccc21. The molecule has 0 saturated heterocycles. The zero-order chi connectivity index (χ0) is 22.9. The Hall–Kier alpha value is -2.90. The molecule has 0 saturated carbocycles. The van der Waals surface area contributed by atoms with Gasteiger partial charge in [-0.15, -0.1) is 11.3 Å². The van der Waals surface area contributed by atoms with E-state index in [0.717, 1.165) is 22.5 Å². The molecule has 2 amide bonds. The van der Waals surface area contributed by atoms with Crippen LogP contribution in [0.4, 0.5) is 10.8 Å². The maximum atomic E-state index is 12.5. The molecule has 0 unspecified atom stereocenters. The molecule has 1 N–H and O–H groups in total. The first kappa shape index (κ1) is 22.3. The summed E-state index contributed by atoms with van der Waals surface area (Å²) in [5, 5.41) is 5.86. The maximum Gasteiger partial charge on any atom is 0.236 e. The van der Waals surface area contributed by atoms with Crippen LogP contribution in [0.25, 0.3) is 11.3 Å². The molecular formula is C24H24ClN3O3S. The van der Waals surface area contributed by atoms with Gasteiger partial charge in [0.2, 0.25) is 11.8 Å². The van der Waals surface area contributed by atoms with E-state index in [-0.39, 0.29) is 11.8 Å². The monoisotopic (exact) mass is 469 g/mol. The van der Waals surface area contributed by atoms with Gasteiger partial charge in [0.15, 0.2) is 5.13 Å². The predicted octanol–water partition coefficient (Wildman–Crippen LogP) is 5.52. The lowest BCUT2D eigenvalue weighted by atomic mass is 9.85. The van der Waals surface area contributed by atoms with Crippen LogP contribution in [0.5, 0.6) is 5.75 Å². The normalized spacial score (nSPS) is 14.4. The molecule has 32 heavy (non-hydrogen) atoms. The van der Waals surface area contributed by atoms with Gasteiger partial charge in [0, 0.05) is 30.1 Å². The number of likely N-dealkylation sites (N-methyl/N-ethyl adjacent to an activating group) is 1. The van der Waals surface area contributed by atoms with Crippen molar-refractivity contribution in [2.45, 2.75) is 32.1 Å². The van der Waals surface area contributed by atoms with E-state index in [0.29, 0.717) is 35.4 Å². The summed E-state index contributed by atoms with van der Waals surface area (Å²) < 4.78 is 5.62. The third-order valence-electron chi connectivity index (χ3n) is 5.56. The van der Waals surface area contributed by atoms with Crippen molar-refractivity contribution in [3.05, 3.63) is 58.4 Å². The number of hydrogen-bond donors (Lipinski definition) is 1. The van der Waals surface area contributed by atoms with Crippen molar-refractivity contribution >= 4 is 45.6 Å². The van der Waals surface area contributed by atoms with Gasteiger partial charge in [-0.05, 0) is 50.1 Å². The van der Waals surface area contributed by atoms with Crippen molar-refractivity contribution in [1.82, 2.24) is 4.98 Å². The zero-order valence-corrected chi connectivity index (χ0v) is 19.7. The lowest BCUT2D eigenvalue weighted by molar-refractivity contribution is -0.121. The van der Waals surface area contributed by atoms with Gasteiger partial charge in [-0.25, -0.2) is 4.98 Å². The number of nitrogens with zero attached hydrogens (tertiary/aromatic N) is 2. The highest BCUT2D eigenvalue weighted by molar-refractivity contribution is 7.14. The average Bonchev–Trinajstić information content (AvgIpc) is 3.30. The lowest BCUT2D eigenvalue weighted by Gasteiger charge is -2.16. The third-order valence-corrected chi connectivity index (χ3v) is 6.63. The molecule has 6 nitrogen and oxygen atoms in total. The number of thiazole rings is 1. The Morgan fingerprint density at radius 3 is 2.81 bits per heavy atom. The Morgan fingerprint density at radius 2 is 2.03 bits per heavy atom. The van der Waals surface area contributed by atoms with E-state index in [1.54, 1.807) is 24.1 Å². The molecule has 0 radical (unpaired) electrons. The number of carbonyl (C=O) groups excluding carboxylic acids is 2. The van der Waals surface area contributed by atoms with Gasteiger partial charge in [-0.3, -0.25) is 9.59 Å². The summed E-state index contributed by atoms with van der Waals surface area (Å²) in [6, 6.07) is 13.2. The number of amides is 2. The lowest BCUT2D eigenvalue weighted by Crippen LogP contribution is -2.33. The molecule has 2 aromatic carbocycles. The van der Waals surface area contributed by atoms with E-state index in [9.17, 15) is 9.59 Å². The van der Waals surface area contributed by atoms with Crippen LogP contribution in [0.15, 0.2) is 47.8 Å². The fraction of sp³-hybridized carbons (Fsp3) is 0.292. The number of para-hydroxylation sites is 1. The number of halogens is 1. The molecule has 0 fully saturated rings. The van der Waals surface area contributed by atoms with Gasteiger partial charge < -0.3 is 15.0 Å². The smallest absolute Gasteiger partial charge is 0.236 e. The van der Waals surface area contributed by atoms with Crippen LogP contribution in [0, 0.1) is 0 Å². The number of fused-ring (bicyclic) bond motifs is 1. The van der Waals surface area contributed by atoms with Gasteiger partial charge in [0.25, 0.3) is 0 Å². The van der Waals surface area contributed by atoms with Gasteiger partial charge in [0.05, 0.1) is 22.7 Å². The minimum atomic E-state index is -0.570. The fourth-order valence-corrected chi connectivity index (χ4v) is 4.68. The van der Waals surface area contributed by atoms with Crippen LogP contribution in [0.2, 0.25) is 5.02 Å². The Kier molecular flexibility index (Phi) is 6.22. The summed E-state index contributed by atoms with van der Waals surface area (Å²) in [4.78, 5) is 31.0. The number of rotatable bonds is 7. The highest BCUT2D eigenvalue weighted by Crippen LogP contribution is 2.42. The number of nitrogens with one attached hydrogen (secondary N) is 1. The molecule has 3 aromatic rings. The molecule has 0 atom stereocenters. The Balaban J connectivity index is 1.34. The average molecular weight is 470 g/mol. The second-order valence-electron chi connectivity index (χ2n) is 8.19. The van der Waals surface area contributed by atoms with Crippen molar-refractivity contribution in [2.24, 2.45) is 0 Å². The summed E-state index contributed by atoms with van der Waals surface area (Å²) >= 11 is 7.43. The highest BCUT2D eigenvalue weighted by atomic mass is 35.5. The van der Waals surface area contributed by atoms with Crippen LogP contribution in [-0.4, -0.2) is 30.5 Å². The first-order valence-electron chi connectivity index (χ1n) is 10.3. The first-order chi connectivity index (χ1) is 15.3. The summed E-state index contributed by atoms with van der Waals surface area (Å²) in [6.45, 7) is 4.27. The van der Waals surface area contributed by atoms with Crippen molar-refractivity contribution in [3.8, 4) is 17.0 Å². The number of benzene rings is 2. The van der Waals surface area contributed by atoms with E-state index in [2.05, 4.69) is 10.3 Å². The molecule has 0 aliphatic carbocycles. The summed E-state index contributed by atoms with van der Waals surface area (Å²) in [5.41, 5.74) is 3.03. The number of anilines is 2. The molecule has 8 heteroatoms. The van der Waals surface area contributed by atoms with Crippen molar-refractivity contribution < 1.29 is 14.3 Å². The second kappa shape index (κ2) is 8.92. The van der Waals surface area contributed by atoms with Gasteiger partial charge >= 0.3 is 0 Å². The van der Waals surface area contributed by atoms with Crippen LogP contribution in [-0.2, 0) is 15.0 Å². The number of hydrogen-bond acceptors (Lipinski definition) is 5. The number of aromatic nitrogens is 1. The Labute approximate surface area is 196 Å². The van der Waals surface area contributed by atoms with Gasteiger partial charge in [0.1, 0.15) is 5.75 Å². The largest absolute Gasteiger partial charge is 0.492 e. The fourth-order valence-electron chi connectivity index (χ4n) is 3.75. The quantitative estimate of drug-likeness (QED) is 0.463. The molecular weight excluding hydrogens is 446 g/mol. The zero-order valence-electron chi connectivity index (χ0n) is 18.1. The second-order valence-corrected chi connectivity index (χ2v) is 9.45. The van der Waals surface area contributed by atoms with E-state index >= 15 is 0 Å². The maximum absolute atomic E-state index is 12.5. The van der Waals surface area contributed by atoms with E-state index in [1.807, 2.05) is 49.6 Å². The number of carbonyl (C=O) groups is 2. The standard InChI is InChI=1S/C24H24ClN3O3S/c1-24(2)16-13-15(10-11-19(16)28(3)22(24)30)18-14-32-23(26-18)27-21(29)9-6-12-31-20-8-5-4-7-17(20)25/h4-5,7-8,10-11,13-14H,6,9,12H2,1-3H3,(H,26,27,29). The van der Waals surface area contributed by atoms with Crippen molar-refractivity contribution in [2.75, 3.05) is 23.9 Å². The summed E-state index contributed by atoms with van der Waals surface area (Å²) in [5.74, 6) is 0.579. The van der Waals surface area contributed by atoms with Crippen molar-refractivity contribution in [3.63, 3.8) is 0 Å². The molecule has 0 bridgehead atoms. The molecule has 0 spiro atoms. The molecule has 4 rings (SSSR count). The van der Waals surface area contributed by atoms with Gasteiger partial charge in [-0.1, -0.05) is 29.8 Å². The van der Waals surface area contributed by atoms with Crippen LogP contribution < -0.4 is 15.0 Å². The van der Waals surface area contributed by atoms with Crippen LogP contribution in [0.1, 0.15) is 32.3 Å². The predicted molar refractivity (Wildman–Crippen MR) is 129 cm³/mol. The molecule has 166 valence electrons. The minimum absolute atomic E-state index is 0.0781. The van der Waals surface area contributed by atoms with E-state index < -0.39 is 5.41 Å². The summed E-state index contributed by atoms with van der Waals surface area (Å²) in [6.07, 6.45) is 0.886. The minimum Gasteiger partial charge on any atom is -0.492 e.